The Morgan fingerprint density at radius 2 is 2.06 bits per heavy atom. The number of nitrogens with one attached hydrogen (secondary N) is 1. The molecule has 0 aliphatic rings. The molecule has 0 heterocycles. The molecule has 0 aromatic heterocycles. The van der Waals surface area contributed by atoms with Crippen LogP contribution in [0.25, 0.3) is 0 Å². The van der Waals surface area contributed by atoms with Gasteiger partial charge in [-0.3, -0.25) is 9.59 Å². The van der Waals surface area contributed by atoms with Gasteiger partial charge < -0.3 is 15.5 Å². The zero-order valence-corrected chi connectivity index (χ0v) is 8.99. The Morgan fingerprint density at radius 3 is 2.69 bits per heavy atom. The molecule has 1 rings (SSSR count). The number of phenolic OH excluding ortho intramolecular Hbond substituents is 1. The molecule has 1 aromatic carbocycles. The molecule has 3 N–H and O–H groups in total. The van der Waals surface area contributed by atoms with Crippen LogP contribution < -0.4 is 5.32 Å². The first-order valence-electron chi connectivity index (χ1n) is 4.49. The van der Waals surface area contributed by atoms with Gasteiger partial charge in [0, 0.05) is 11.6 Å². The molecule has 86 valence electrons. The van der Waals surface area contributed by atoms with Crippen molar-refractivity contribution in [3.63, 3.8) is 0 Å². The van der Waals surface area contributed by atoms with E-state index in [4.69, 9.17) is 16.7 Å². The van der Waals surface area contributed by atoms with Gasteiger partial charge in [-0.1, -0.05) is 11.6 Å². The van der Waals surface area contributed by atoms with Crippen molar-refractivity contribution in [2.45, 2.75) is 6.42 Å². The van der Waals surface area contributed by atoms with E-state index in [1.165, 1.54) is 18.2 Å². The highest BCUT2D eigenvalue weighted by atomic mass is 35.5. The highest BCUT2D eigenvalue weighted by Gasteiger charge is 2.11. The van der Waals surface area contributed by atoms with Gasteiger partial charge in [-0.25, -0.2) is 0 Å². The van der Waals surface area contributed by atoms with Gasteiger partial charge in [-0.05, 0) is 18.2 Å². The fourth-order valence-corrected chi connectivity index (χ4v) is 1.24. The number of aliphatic carboxylic acids is 1. The van der Waals surface area contributed by atoms with Crippen molar-refractivity contribution < 1.29 is 19.8 Å². The summed E-state index contributed by atoms with van der Waals surface area (Å²) in [6.45, 7) is 0.000119. The van der Waals surface area contributed by atoms with E-state index < -0.39 is 11.9 Å². The van der Waals surface area contributed by atoms with Crippen molar-refractivity contribution >= 4 is 23.5 Å². The highest BCUT2D eigenvalue weighted by Crippen LogP contribution is 2.21. The first-order chi connectivity index (χ1) is 7.50. The summed E-state index contributed by atoms with van der Waals surface area (Å²) < 4.78 is 0. The highest BCUT2D eigenvalue weighted by molar-refractivity contribution is 6.31. The Morgan fingerprint density at radius 1 is 1.38 bits per heavy atom. The van der Waals surface area contributed by atoms with Gasteiger partial charge in [0.2, 0.25) is 0 Å². The van der Waals surface area contributed by atoms with Crippen LogP contribution in [-0.2, 0) is 4.79 Å². The van der Waals surface area contributed by atoms with Gasteiger partial charge in [0.15, 0.2) is 0 Å². The standard InChI is InChI=1S/C10H10ClNO4/c11-6-1-2-8(13)7(5-6)10(16)12-4-3-9(14)15/h1-2,5,13H,3-4H2,(H,12,16)(H,14,15). The zero-order chi connectivity index (χ0) is 12.1. The summed E-state index contributed by atoms with van der Waals surface area (Å²) in [5.41, 5.74) is 0.0258. The zero-order valence-electron chi connectivity index (χ0n) is 8.24. The summed E-state index contributed by atoms with van der Waals surface area (Å²) in [4.78, 5) is 21.7. The van der Waals surface area contributed by atoms with Crippen molar-refractivity contribution in [1.82, 2.24) is 5.32 Å². The molecule has 6 heteroatoms. The maximum absolute atomic E-state index is 11.5. The maximum Gasteiger partial charge on any atom is 0.305 e. The molecule has 0 saturated carbocycles. The molecule has 0 bridgehead atoms. The third-order valence-electron chi connectivity index (χ3n) is 1.83. The van der Waals surface area contributed by atoms with Crippen LogP contribution in [0.2, 0.25) is 5.02 Å². The summed E-state index contributed by atoms with van der Waals surface area (Å²) in [5, 5.41) is 20.4. The molecule has 0 atom stereocenters. The number of hydrogen-bond acceptors (Lipinski definition) is 3. The predicted octanol–water partition coefficient (Wildman–Crippen LogP) is 1.25. The molecule has 0 spiro atoms. The SMILES string of the molecule is O=C(O)CCNC(=O)c1cc(Cl)ccc1O. The van der Waals surface area contributed by atoms with Crippen LogP contribution in [0.5, 0.6) is 5.75 Å². The van der Waals surface area contributed by atoms with Crippen molar-refractivity contribution in [3.05, 3.63) is 28.8 Å². The topological polar surface area (TPSA) is 86.6 Å². The monoisotopic (exact) mass is 243 g/mol. The lowest BCUT2D eigenvalue weighted by Gasteiger charge is -2.05. The summed E-state index contributed by atoms with van der Waals surface area (Å²) in [7, 11) is 0. The number of carbonyl (C=O) groups excluding carboxylic acids is 1. The summed E-state index contributed by atoms with van der Waals surface area (Å²) in [6, 6.07) is 4.06. The second kappa shape index (κ2) is 5.37. The molecule has 0 unspecified atom stereocenters. The molecular formula is C10H10ClNO4. The number of rotatable bonds is 4. The number of halogens is 1. The Bertz CT molecular complexity index is 419. The average Bonchev–Trinajstić information content (AvgIpc) is 2.21. The van der Waals surface area contributed by atoms with Gasteiger partial charge in [0.1, 0.15) is 5.75 Å². The van der Waals surface area contributed by atoms with Crippen LogP contribution >= 0.6 is 11.6 Å². The lowest BCUT2D eigenvalue weighted by Crippen LogP contribution is -2.26. The minimum Gasteiger partial charge on any atom is -0.507 e. The van der Waals surface area contributed by atoms with E-state index in [9.17, 15) is 14.7 Å². The first-order valence-corrected chi connectivity index (χ1v) is 4.87. The first kappa shape index (κ1) is 12.3. The fourth-order valence-electron chi connectivity index (χ4n) is 1.07. The van der Waals surface area contributed by atoms with E-state index in [-0.39, 0.29) is 24.3 Å². The molecule has 0 aliphatic carbocycles. The Balaban J connectivity index is 2.65. The molecule has 5 nitrogen and oxygen atoms in total. The number of carbonyl (C=O) groups is 2. The number of carboxylic acids is 1. The van der Waals surface area contributed by atoms with E-state index in [1.807, 2.05) is 0 Å². The quantitative estimate of drug-likeness (QED) is 0.743. The van der Waals surface area contributed by atoms with Gasteiger partial charge in [0.05, 0.1) is 12.0 Å². The van der Waals surface area contributed by atoms with Gasteiger partial charge in [-0.2, -0.15) is 0 Å². The minimum atomic E-state index is -1.00. The molecule has 16 heavy (non-hydrogen) atoms. The minimum absolute atomic E-state index is 0.000119. The van der Waals surface area contributed by atoms with Gasteiger partial charge in [-0.15, -0.1) is 0 Å². The van der Waals surface area contributed by atoms with Crippen LogP contribution in [-0.4, -0.2) is 28.6 Å². The van der Waals surface area contributed by atoms with Crippen LogP contribution in [0.15, 0.2) is 18.2 Å². The van der Waals surface area contributed by atoms with Crippen LogP contribution in [0.1, 0.15) is 16.8 Å². The van der Waals surface area contributed by atoms with E-state index in [1.54, 1.807) is 0 Å². The smallest absolute Gasteiger partial charge is 0.305 e. The summed E-state index contributed by atoms with van der Waals surface area (Å²) >= 11 is 5.66. The Kier molecular flexibility index (Phi) is 4.13. The van der Waals surface area contributed by atoms with Gasteiger partial charge >= 0.3 is 5.97 Å². The third-order valence-corrected chi connectivity index (χ3v) is 2.06. The van der Waals surface area contributed by atoms with Gasteiger partial charge in [0.25, 0.3) is 5.91 Å². The summed E-state index contributed by atoms with van der Waals surface area (Å²) in [5.74, 6) is -1.76. The molecule has 0 saturated heterocycles. The Labute approximate surface area is 96.7 Å². The molecule has 1 amide bonds. The molecule has 1 aromatic rings. The number of benzene rings is 1. The van der Waals surface area contributed by atoms with Crippen LogP contribution in [0.4, 0.5) is 0 Å². The number of carboxylic acid groups (broad SMARTS) is 1. The lowest BCUT2D eigenvalue weighted by atomic mass is 10.2. The van der Waals surface area contributed by atoms with E-state index >= 15 is 0 Å². The second-order valence-corrected chi connectivity index (χ2v) is 3.50. The normalized spacial score (nSPS) is 9.81. The number of amides is 1. The van der Waals surface area contributed by atoms with Crippen molar-refractivity contribution in [1.29, 1.82) is 0 Å². The average molecular weight is 244 g/mol. The van der Waals surface area contributed by atoms with E-state index in [0.717, 1.165) is 0 Å². The number of phenols is 1. The lowest BCUT2D eigenvalue weighted by molar-refractivity contribution is -0.136. The Hall–Kier alpha value is -1.75. The summed E-state index contributed by atoms with van der Waals surface area (Å²) in [6.07, 6.45) is -0.174. The van der Waals surface area contributed by atoms with Crippen LogP contribution in [0, 0.1) is 0 Å². The number of aromatic hydroxyl groups is 1. The molecule has 0 aliphatic heterocycles. The molecule has 0 fully saturated rings. The molecule has 0 radical (unpaired) electrons. The largest absolute Gasteiger partial charge is 0.507 e. The van der Waals surface area contributed by atoms with E-state index in [0.29, 0.717) is 5.02 Å². The van der Waals surface area contributed by atoms with Crippen molar-refractivity contribution in [2.24, 2.45) is 0 Å². The van der Waals surface area contributed by atoms with Crippen molar-refractivity contribution in [2.75, 3.05) is 6.54 Å². The fraction of sp³-hybridized carbons (Fsp3) is 0.200. The van der Waals surface area contributed by atoms with Crippen LogP contribution in [0.3, 0.4) is 0 Å². The van der Waals surface area contributed by atoms with E-state index in [2.05, 4.69) is 5.32 Å². The van der Waals surface area contributed by atoms with Crippen molar-refractivity contribution in [3.8, 4) is 5.75 Å². The third kappa shape index (κ3) is 3.43. The second-order valence-electron chi connectivity index (χ2n) is 3.06. The maximum atomic E-state index is 11.5. The number of hydrogen-bond donors (Lipinski definition) is 3. The predicted molar refractivity (Wildman–Crippen MR) is 57.7 cm³/mol. The molecular weight excluding hydrogens is 234 g/mol.